The molecule has 2 N–H and O–H groups in total. The summed E-state index contributed by atoms with van der Waals surface area (Å²) in [5, 5.41) is 0. The van der Waals surface area contributed by atoms with Crippen LogP contribution in [0.5, 0.6) is 0 Å². The first-order valence-electron chi connectivity index (χ1n) is 6.04. The zero-order valence-corrected chi connectivity index (χ0v) is 12.4. The van der Waals surface area contributed by atoms with Gasteiger partial charge in [-0.1, -0.05) is 12.1 Å². The summed E-state index contributed by atoms with van der Waals surface area (Å²) >= 11 is 3.63. The van der Waals surface area contributed by atoms with Gasteiger partial charge in [-0.3, -0.25) is 0 Å². The largest absolute Gasteiger partial charge is 0.324 e. The van der Waals surface area contributed by atoms with Crippen molar-refractivity contribution < 1.29 is 0 Å². The third-order valence-electron chi connectivity index (χ3n) is 2.83. The summed E-state index contributed by atoms with van der Waals surface area (Å²) in [7, 11) is 0. The van der Waals surface area contributed by atoms with Gasteiger partial charge in [-0.05, 0) is 38.0 Å². The number of hydrogen-bond acceptors (Lipinski definition) is 4. The Hall–Kier alpha value is -0.840. The van der Waals surface area contributed by atoms with E-state index in [1.165, 1.54) is 21.0 Å². The molecule has 96 valence electrons. The molecule has 0 saturated heterocycles. The van der Waals surface area contributed by atoms with E-state index in [2.05, 4.69) is 36.2 Å². The molecule has 18 heavy (non-hydrogen) atoms. The van der Waals surface area contributed by atoms with Crippen molar-refractivity contribution in [2.45, 2.75) is 31.2 Å². The predicted octanol–water partition coefficient (Wildman–Crippen LogP) is 3.81. The third kappa shape index (κ3) is 3.57. The molecule has 1 aromatic heterocycles. The molecule has 0 aliphatic heterocycles. The van der Waals surface area contributed by atoms with Gasteiger partial charge in [0, 0.05) is 21.6 Å². The van der Waals surface area contributed by atoms with E-state index in [9.17, 15) is 0 Å². The highest BCUT2D eigenvalue weighted by atomic mass is 32.2. The number of hydrogen-bond donors (Lipinski definition) is 1. The van der Waals surface area contributed by atoms with Gasteiger partial charge in [0.15, 0.2) is 0 Å². The fourth-order valence-corrected chi connectivity index (χ4v) is 3.56. The molecule has 0 fully saturated rings. The number of thiazole rings is 1. The van der Waals surface area contributed by atoms with Crippen LogP contribution in [-0.2, 0) is 6.42 Å². The van der Waals surface area contributed by atoms with Crippen LogP contribution < -0.4 is 5.73 Å². The molecule has 0 spiro atoms. The van der Waals surface area contributed by atoms with Crippen LogP contribution in [0, 0.1) is 6.92 Å². The van der Waals surface area contributed by atoms with Crippen LogP contribution in [0.25, 0.3) is 0 Å². The second kappa shape index (κ2) is 6.36. The molecule has 1 unspecified atom stereocenters. The van der Waals surface area contributed by atoms with Crippen molar-refractivity contribution >= 4 is 23.1 Å². The van der Waals surface area contributed by atoms with Gasteiger partial charge in [-0.2, -0.15) is 0 Å². The van der Waals surface area contributed by atoms with E-state index in [0.717, 1.165) is 12.2 Å². The maximum Gasteiger partial charge on any atom is 0.0797 e. The molecule has 0 amide bonds. The molecule has 4 heteroatoms. The predicted molar refractivity (Wildman–Crippen MR) is 80.3 cm³/mol. The molecule has 0 aliphatic rings. The number of nitrogens with zero attached hydrogens (tertiary/aromatic N) is 1. The molecule has 0 radical (unpaired) electrons. The lowest BCUT2D eigenvalue weighted by atomic mass is 10.1. The Kier molecular flexibility index (Phi) is 4.80. The molecule has 2 aromatic rings. The molecule has 0 saturated carbocycles. The first kappa shape index (κ1) is 13.6. The highest BCUT2D eigenvalue weighted by Crippen LogP contribution is 2.23. The van der Waals surface area contributed by atoms with Crippen LogP contribution in [0.3, 0.4) is 0 Å². The van der Waals surface area contributed by atoms with Crippen molar-refractivity contribution in [1.29, 1.82) is 0 Å². The Morgan fingerprint density at radius 1 is 1.44 bits per heavy atom. The van der Waals surface area contributed by atoms with Gasteiger partial charge in [0.2, 0.25) is 0 Å². The average Bonchev–Trinajstić information content (AvgIpc) is 2.76. The van der Waals surface area contributed by atoms with Crippen molar-refractivity contribution in [1.82, 2.24) is 4.98 Å². The van der Waals surface area contributed by atoms with Crippen molar-refractivity contribution in [2.75, 3.05) is 5.75 Å². The van der Waals surface area contributed by atoms with Gasteiger partial charge < -0.3 is 5.73 Å². The highest BCUT2D eigenvalue weighted by Gasteiger charge is 2.03. The van der Waals surface area contributed by atoms with Crippen LogP contribution in [0.1, 0.15) is 29.1 Å². The lowest BCUT2D eigenvalue weighted by Gasteiger charge is -2.07. The third-order valence-corrected chi connectivity index (χ3v) is 4.82. The van der Waals surface area contributed by atoms with Gasteiger partial charge in [-0.25, -0.2) is 4.98 Å². The average molecular weight is 278 g/mol. The van der Waals surface area contributed by atoms with Crippen LogP contribution in [0.2, 0.25) is 0 Å². The topological polar surface area (TPSA) is 38.9 Å². The SMILES string of the molecule is Cc1ncsc1CCSc1cccc(C(C)N)c1. The Balaban J connectivity index is 1.90. The molecule has 1 heterocycles. The van der Waals surface area contributed by atoms with Crippen molar-refractivity contribution in [2.24, 2.45) is 5.73 Å². The molecule has 0 aliphatic carbocycles. The Morgan fingerprint density at radius 3 is 2.94 bits per heavy atom. The Morgan fingerprint density at radius 2 is 2.28 bits per heavy atom. The quantitative estimate of drug-likeness (QED) is 0.845. The maximum absolute atomic E-state index is 5.89. The van der Waals surface area contributed by atoms with E-state index in [4.69, 9.17) is 5.73 Å². The smallest absolute Gasteiger partial charge is 0.0797 e. The molecule has 2 nitrogen and oxygen atoms in total. The number of aromatic nitrogens is 1. The first-order valence-corrected chi connectivity index (χ1v) is 7.90. The Bertz CT molecular complexity index is 506. The standard InChI is InChI=1S/C14H18N2S2/c1-10(15)12-4-3-5-13(8-12)17-7-6-14-11(2)16-9-18-14/h3-5,8-10H,6-7,15H2,1-2H3. The summed E-state index contributed by atoms with van der Waals surface area (Å²) in [5.74, 6) is 1.09. The summed E-state index contributed by atoms with van der Waals surface area (Å²) in [4.78, 5) is 6.96. The zero-order valence-electron chi connectivity index (χ0n) is 10.7. The number of aryl methyl sites for hydroxylation is 2. The van der Waals surface area contributed by atoms with Gasteiger partial charge >= 0.3 is 0 Å². The second-order valence-electron chi connectivity index (χ2n) is 4.32. The molecule has 2 rings (SSSR count). The minimum atomic E-state index is 0.106. The summed E-state index contributed by atoms with van der Waals surface area (Å²) in [6, 6.07) is 8.61. The second-order valence-corrected chi connectivity index (χ2v) is 6.43. The summed E-state index contributed by atoms with van der Waals surface area (Å²) < 4.78 is 0. The number of thioether (sulfide) groups is 1. The number of benzene rings is 1. The van der Waals surface area contributed by atoms with Crippen LogP contribution in [0.15, 0.2) is 34.7 Å². The van der Waals surface area contributed by atoms with Gasteiger partial charge in [-0.15, -0.1) is 23.1 Å². The zero-order chi connectivity index (χ0) is 13.0. The molecule has 0 bridgehead atoms. The fourth-order valence-electron chi connectivity index (χ4n) is 1.72. The van der Waals surface area contributed by atoms with Crippen molar-refractivity contribution in [3.8, 4) is 0 Å². The van der Waals surface area contributed by atoms with E-state index < -0.39 is 0 Å². The molecular formula is C14H18N2S2. The van der Waals surface area contributed by atoms with Crippen molar-refractivity contribution in [3.05, 3.63) is 45.9 Å². The van der Waals surface area contributed by atoms with Crippen molar-refractivity contribution in [3.63, 3.8) is 0 Å². The van der Waals surface area contributed by atoms with E-state index in [1.54, 1.807) is 11.3 Å². The fraction of sp³-hybridized carbons (Fsp3) is 0.357. The number of rotatable bonds is 5. The maximum atomic E-state index is 5.89. The summed E-state index contributed by atoms with van der Waals surface area (Å²) in [6.07, 6.45) is 1.09. The number of nitrogens with two attached hydrogens (primary N) is 1. The van der Waals surface area contributed by atoms with E-state index in [0.29, 0.717) is 0 Å². The summed E-state index contributed by atoms with van der Waals surface area (Å²) in [6.45, 7) is 4.09. The summed E-state index contributed by atoms with van der Waals surface area (Å²) in [5.41, 5.74) is 10.2. The van der Waals surface area contributed by atoms with Crippen LogP contribution in [0.4, 0.5) is 0 Å². The molecule has 1 aromatic carbocycles. The normalized spacial score (nSPS) is 12.6. The van der Waals surface area contributed by atoms with Gasteiger partial charge in [0.1, 0.15) is 0 Å². The Labute approximate surface area is 117 Å². The first-order chi connectivity index (χ1) is 8.66. The van der Waals surface area contributed by atoms with Crippen LogP contribution >= 0.6 is 23.1 Å². The lowest BCUT2D eigenvalue weighted by Crippen LogP contribution is -2.04. The van der Waals surface area contributed by atoms with Gasteiger partial charge in [0.25, 0.3) is 0 Å². The van der Waals surface area contributed by atoms with E-state index >= 15 is 0 Å². The lowest BCUT2D eigenvalue weighted by molar-refractivity contribution is 0.815. The minimum absolute atomic E-state index is 0.106. The van der Waals surface area contributed by atoms with E-state index in [-0.39, 0.29) is 6.04 Å². The van der Waals surface area contributed by atoms with E-state index in [1.807, 2.05) is 24.2 Å². The minimum Gasteiger partial charge on any atom is -0.324 e. The molecule has 1 atom stereocenters. The molecular weight excluding hydrogens is 260 g/mol. The highest BCUT2D eigenvalue weighted by molar-refractivity contribution is 7.99. The van der Waals surface area contributed by atoms with Gasteiger partial charge in [0.05, 0.1) is 11.2 Å². The monoisotopic (exact) mass is 278 g/mol. The van der Waals surface area contributed by atoms with Crippen LogP contribution in [-0.4, -0.2) is 10.7 Å².